The molecule has 0 aromatic rings. The summed E-state index contributed by atoms with van der Waals surface area (Å²) in [5.41, 5.74) is 5.58. The summed E-state index contributed by atoms with van der Waals surface area (Å²) in [5.74, 6) is -3.93. The molecule has 0 aromatic carbocycles. The van der Waals surface area contributed by atoms with Crippen molar-refractivity contribution in [1.82, 2.24) is 21.3 Å². The number of aliphatic hydroxyl groups is 2. The van der Waals surface area contributed by atoms with E-state index < -0.39 is 60.4 Å². The van der Waals surface area contributed by atoms with Gasteiger partial charge in [0.05, 0.1) is 38.0 Å². The summed E-state index contributed by atoms with van der Waals surface area (Å²) in [6.45, 7) is 6.73. The first-order valence-corrected chi connectivity index (χ1v) is 28.5. The Kier molecular flexibility index (Phi) is 45.7. The lowest BCUT2D eigenvalue weighted by Gasteiger charge is -2.22. The number of amides is 4. The number of ether oxygens (including phenoxy) is 1. The van der Waals surface area contributed by atoms with Gasteiger partial charge in [0.25, 0.3) is 0 Å². The molecule has 0 bridgehead atoms. The molecule has 0 saturated heterocycles. The third-order valence-corrected chi connectivity index (χ3v) is 13.1. The third kappa shape index (κ3) is 41.3. The molecule has 15 heteroatoms. The maximum absolute atomic E-state index is 13.7. The maximum Gasteiger partial charge on any atom is 0.326 e. The fraction of sp³-hybridized carbons (Fsp3) is 0.891. The predicted octanol–water partition coefficient (Wildman–Crippen LogP) is 9.75. The molecule has 4 amide bonds. The van der Waals surface area contributed by atoms with E-state index >= 15 is 0 Å². The quantitative estimate of drug-likeness (QED) is 0.0210. The largest absolute Gasteiger partial charge is 0.480 e. The molecule has 0 aliphatic rings. The van der Waals surface area contributed by atoms with Crippen molar-refractivity contribution in [1.29, 1.82) is 0 Å². The molecule has 9 N–H and O–H groups in total. The Morgan fingerprint density at radius 3 is 1.43 bits per heavy atom. The topological polar surface area (TPSA) is 246 Å². The zero-order valence-electron chi connectivity index (χ0n) is 44.7. The Labute approximate surface area is 424 Å². The van der Waals surface area contributed by atoms with Gasteiger partial charge in [-0.25, -0.2) is 4.79 Å². The monoisotopic (exact) mass is 996 g/mol. The predicted molar refractivity (Wildman–Crippen MR) is 281 cm³/mol. The molecule has 15 nitrogen and oxygen atoms in total. The van der Waals surface area contributed by atoms with Crippen molar-refractivity contribution in [2.45, 2.75) is 295 Å². The van der Waals surface area contributed by atoms with Crippen LogP contribution in [0.15, 0.2) is 0 Å². The van der Waals surface area contributed by atoms with Gasteiger partial charge in [0, 0.05) is 13.0 Å². The zero-order valence-corrected chi connectivity index (χ0v) is 44.7. The number of carbonyl (C=O) groups excluding carboxylic acids is 5. The number of aliphatic hydroxyl groups excluding tert-OH is 2. The van der Waals surface area contributed by atoms with Gasteiger partial charge in [-0.15, -0.1) is 0 Å². The Hall–Kier alpha value is -3.30. The molecule has 0 unspecified atom stereocenters. The molecule has 0 aliphatic carbocycles. The standard InChI is InChI=1S/C55H105N5O10/c1-4-7-10-13-16-19-22-25-28-35-46(62)41-50(63)58-45(44-61)34-33-40-57-54(67)49(43-52(65)59-48(55(68)69)37-31-32-39-56)60-51(64)42-47(36-29-26-23-20-17-14-11-8-5-2)70-53(66)38-30-27-24-21-18-15-12-9-6-3/h45-49,61-62H,4-44,56H2,1-3H3,(H,57,67)(H,58,63)(H,59,65)(H,60,64)(H,68,69)/t45-,46-,47-,48+,49-/m1/s1. The first-order chi connectivity index (χ1) is 33.9. The lowest BCUT2D eigenvalue weighted by molar-refractivity contribution is -0.151. The van der Waals surface area contributed by atoms with Crippen LogP contribution >= 0.6 is 0 Å². The van der Waals surface area contributed by atoms with Crippen molar-refractivity contribution in [3.05, 3.63) is 0 Å². The number of rotatable bonds is 51. The first-order valence-electron chi connectivity index (χ1n) is 28.5. The highest BCUT2D eigenvalue weighted by molar-refractivity contribution is 5.93. The van der Waals surface area contributed by atoms with E-state index in [4.69, 9.17) is 10.5 Å². The minimum Gasteiger partial charge on any atom is -0.480 e. The van der Waals surface area contributed by atoms with E-state index in [-0.39, 0.29) is 50.7 Å². The summed E-state index contributed by atoms with van der Waals surface area (Å²) in [6, 6.07) is -3.17. The Bertz CT molecular complexity index is 1320. The average molecular weight is 996 g/mol. The van der Waals surface area contributed by atoms with E-state index in [9.17, 15) is 44.1 Å². The Morgan fingerprint density at radius 1 is 0.486 bits per heavy atom. The van der Waals surface area contributed by atoms with Crippen LogP contribution in [-0.4, -0.2) is 101 Å². The number of esters is 1. The van der Waals surface area contributed by atoms with E-state index in [1.54, 1.807) is 0 Å². The molecule has 0 rings (SSSR count). The van der Waals surface area contributed by atoms with Crippen LogP contribution in [0.4, 0.5) is 0 Å². The molecule has 0 heterocycles. The van der Waals surface area contributed by atoms with Crippen molar-refractivity contribution in [3.8, 4) is 0 Å². The van der Waals surface area contributed by atoms with Crippen LogP contribution in [0.3, 0.4) is 0 Å². The van der Waals surface area contributed by atoms with Crippen LogP contribution in [0.25, 0.3) is 0 Å². The van der Waals surface area contributed by atoms with Gasteiger partial charge >= 0.3 is 11.9 Å². The van der Waals surface area contributed by atoms with Gasteiger partial charge in [-0.3, -0.25) is 24.0 Å². The molecular weight excluding hydrogens is 891 g/mol. The summed E-state index contributed by atoms with van der Waals surface area (Å²) < 4.78 is 5.90. The summed E-state index contributed by atoms with van der Waals surface area (Å²) in [7, 11) is 0. The molecular formula is C55H105N5O10. The Balaban J connectivity index is 5.54. The highest BCUT2D eigenvalue weighted by Crippen LogP contribution is 2.18. The summed E-state index contributed by atoms with van der Waals surface area (Å²) in [4.78, 5) is 78.4. The van der Waals surface area contributed by atoms with Crippen LogP contribution in [0.2, 0.25) is 0 Å². The Morgan fingerprint density at radius 2 is 0.929 bits per heavy atom. The second kappa shape index (κ2) is 48.0. The number of hydrogen-bond acceptors (Lipinski definition) is 10. The molecule has 410 valence electrons. The summed E-state index contributed by atoms with van der Waals surface area (Å²) in [6.07, 6.45) is 31.3. The average Bonchev–Trinajstić information content (AvgIpc) is 3.32. The van der Waals surface area contributed by atoms with Crippen LogP contribution in [0.5, 0.6) is 0 Å². The van der Waals surface area contributed by atoms with Crippen LogP contribution in [0, 0.1) is 0 Å². The van der Waals surface area contributed by atoms with Gasteiger partial charge in [-0.2, -0.15) is 0 Å². The van der Waals surface area contributed by atoms with Crippen molar-refractivity contribution in [3.63, 3.8) is 0 Å². The van der Waals surface area contributed by atoms with E-state index in [1.807, 2.05) is 0 Å². The number of aliphatic carboxylic acids is 1. The lowest BCUT2D eigenvalue weighted by Crippen LogP contribution is -2.51. The maximum atomic E-state index is 13.7. The van der Waals surface area contributed by atoms with Crippen LogP contribution < -0.4 is 27.0 Å². The van der Waals surface area contributed by atoms with Crippen molar-refractivity contribution in [2.24, 2.45) is 5.73 Å². The van der Waals surface area contributed by atoms with Crippen molar-refractivity contribution >= 4 is 35.6 Å². The number of hydrogen-bond donors (Lipinski definition) is 8. The van der Waals surface area contributed by atoms with Gasteiger partial charge in [-0.05, 0) is 64.3 Å². The number of carboxylic acid groups (broad SMARTS) is 1. The molecule has 0 radical (unpaired) electrons. The smallest absolute Gasteiger partial charge is 0.326 e. The van der Waals surface area contributed by atoms with Crippen molar-refractivity contribution in [2.75, 3.05) is 19.7 Å². The molecule has 0 saturated carbocycles. The van der Waals surface area contributed by atoms with Gasteiger partial charge < -0.3 is 47.1 Å². The van der Waals surface area contributed by atoms with E-state index in [0.29, 0.717) is 51.5 Å². The molecule has 70 heavy (non-hydrogen) atoms. The minimum atomic E-state index is -1.36. The number of nitrogens with two attached hydrogens (primary N) is 1. The molecule has 0 aromatic heterocycles. The molecule has 0 fully saturated rings. The lowest BCUT2D eigenvalue weighted by atomic mass is 10.0. The normalized spacial score (nSPS) is 13.5. The SMILES string of the molecule is CCCCCCCCCCCC(=O)O[C@H](CCCCCCCCCCC)CC(=O)N[C@H](CC(=O)N[C@@H](CCCCN)C(=O)O)C(=O)NCCC[C@H](CO)NC(=O)C[C@H](O)CCCCCCCCCCC. The number of nitrogens with one attached hydrogen (secondary N) is 4. The van der Waals surface area contributed by atoms with Gasteiger partial charge in [0.15, 0.2) is 0 Å². The second-order valence-corrected chi connectivity index (χ2v) is 19.9. The van der Waals surface area contributed by atoms with Crippen molar-refractivity contribution < 1.29 is 48.8 Å². The van der Waals surface area contributed by atoms with Gasteiger partial charge in [0.2, 0.25) is 23.6 Å². The van der Waals surface area contributed by atoms with E-state index in [1.165, 1.54) is 103 Å². The highest BCUT2D eigenvalue weighted by Gasteiger charge is 2.28. The van der Waals surface area contributed by atoms with Gasteiger partial charge in [0.1, 0.15) is 18.2 Å². The molecule has 0 aliphatic heterocycles. The molecule has 0 spiro atoms. The first kappa shape index (κ1) is 66.7. The van der Waals surface area contributed by atoms with Gasteiger partial charge in [-0.1, -0.05) is 181 Å². The van der Waals surface area contributed by atoms with Crippen LogP contribution in [-0.2, 0) is 33.5 Å². The fourth-order valence-electron chi connectivity index (χ4n) is 8.75. The van der Waals surface area contributed by atoms with E-state index in [0.717, 1.165) is 64.2 Å². The summed E-state index contributed by atoms with van der Waals surface area (Å²) in [5, 5.41) is 40.9. The van der Waals surface area contributed by atoms with Crippen LogP contribution in [0.1, 0.15) is 265 Å². The minimum absolute atomic E-state index is 0.0674. The number of carboxylic acids is 1. The highest BCUT2D eigenvalue weighted by atomic mass is 16.5. The second-order valence-electron chi connectivity index (χ2n) is 19.9. The summed E-state index contributed by atoms with van der Waals surface area (Å²) >= 11 is 0. The zero-order chi connectivity index (χ0) is 51.9. The molecule has 5 atom stereocenters. The third-order valence-electron chi connectivity index (χ3n) is 13.1. The number of unbranched alkanes of at least 4 members (excludes halogenated alkanes) is 25. The number of carbonyl (C=O) groups is 6. The fourth-order valence-corrected chi connectivity index (χ4v) is 8.75. The van der Waals surface area contributed by atoms with E-state index in [2.05, 4.69) is 42.0 Å².